The second-order valence-corrected chi connectivity index (χ2v) is 5.17. The van der Waals surface area contributed by atoms with Gasteiger partial charge in [0.1, 0.15) is 6.26 Å². The Morgan fingerprint density at radius 3 is 2.53 bits per heavy atom. The fraction of sp³-hybridized carbons (Fsp3) is 0.750. The van der Waals surface area contributed by atoms with E-state index in [0.717, 1.165) is 25.3 Å². The molecular formula is C12H22ClN3O. The topological polar surface area (TPSA) is 32.5 Å². The van der Waals surface area contributed by atoms with E-state index in [-0.39, 0.29) is 0 Å². The molecule has 0 aliphatic heterocycles. The first-order chi connectivity index (χ1) is 8.02. The van der Waals surface area contributed by atoms with Crippen LogP contribution in [0.1, 0.15) is 19.5 Å². The average molecular weight is 260 g/mol. The van der Waals surface area contributed by atoms with E-state index in [0.29, 0.717) is 17.8 Å². The number of hydrogen-bond acceptors (Lipinski definition) is 4. The molecule has 1 aromatic heterocycles. The van der Waals surface area contributed by atoms with Gasteiger partial charge in [-0.15, -0.1) is 11.6 Å². The Hall–Kier alpha value is -0.740. The smallest absolute Gasteiger partial charge is 0.297 e. The number of oxazole rings is 1. The zero-order chi connectivity index (χ0) is 12.8. The van der Waals surface area contributed by atoms with Gasteiger partial charge in [-0.1, -0.05) is 13.8 Å². The summed E-state index contributed by atoms with van der Waals surface area (Å²) in [6.45, 7) is 7.21. The summed E-state index contributed by atoms with van der Waals surface area (Å²) in [6, 6.07) is 0.677. The minimum absolute atomic E-state index is 0.396. The van der Waals surface area contributed by atoms with Gasteiger partial charge in [-0.25, -0.2) is 0 Å². The highest BCUT2D eigenvalue weighted by molar-refractivity contribution is 6.16. The third-order valence-electron chi connectivity index (χ3n) is 2.35. The summed E-state index contributed by atoms with van der Waals surface area (Å²) in [5.41, 5.74) is 0.792. The Balaban J connectivity index is 2.67. The van der Waals surface area contributed by atoms with Crippen molar-refractivity contribution in [3.05, 3.63) is 12.0 Å². The van der Waals surface area contributed by atoms with Crippen LogP contribution in [-0.4, -0.2) is 43.6 Å². The van der Waals surface area contributed by atoms with Crippen molar-refractivity contribution in [1.82, 2.24) is 9.88 Å². The molecule has 0 unspecified atom stereocenters. The quantitative estimate of drug-likeness (QED) is 0.704. The van der Waals surface area contributed by atoms with Crippen LogP contribution in [0.25, 0.3) is 0 Å². The summed E-state index contributed by atoms with van der Waals surface area (Å²) in [7, 11) is 4.13. The van der Waals surface area contributed by atoms with Crippen LogP contribution < -0.4 is 4.90 Å². The largest absolute Gasteiger partial charge is 0.432 e. The molecule has 0 amide bonds. The van der Waals surface area contributed by atoms with Gasteiger partial charge in [-0.05, 0) is 20.0 Å². The second-order valence-electron chi connectivity index (χ2n) is 4.90. The third-order valence-corrected chi connectivity index (χ3v) is 2.62. The minimum Gasteiger partial charge on any atom is -0.432 e. The summed E-state index contributed by atoms with van der Waals surface area (Å²) < 4.78 is 5.46. The van der Waals surface area contributed by atoms with Crippen LogP contribution in [-0.2, 0) is 5.88 Å². The summed E-state index contributed by atoms with van der Waals surface area (Å²) in [5.74, 6) is 0.968. The normalized spacial score (nSPS) is 11.5. The Kier molecular flexibility index (Phi) is 5.78. The lowest BCUT2D eigenvalue weighted by Crippen LogP contribution is -2.34. The van der Waals surface area contributed by atoms with Gasteiger partial charge in [0.05, 0.1) is 11.6 Å². The number of hydrogen-bond donors (Lipinski definition) is 0. The number of halogens is 1. The Morgan fingerprint density at radius 1 is 1.35 bits per heavy atom. The van der Waals surface area contributed by atoms with Crippen molar-refractivity contribution < 1.29 is 4.42 Å². The molecule has 0 saturated carbocycles. The molecule has 0 bridgehead atoms. The van der Waals surface area contributed by atoms with Crippen molar-refractivity contribution in [2.24, 2.45) is 5.92 Å². The molecule has 0 radical (unpaired) electrons. The maximum atomic E-state index is 5.73. The van der Waals surface area contributed by atoms with Crippen LogP contribution in [0.3, 0.4) is 0 Å². The highest BCUT2D eigenvalue weighted by Crippen LogP contribution is 2.16. The highest BCUT2D eigenvalue weighted by atomic mass is 35.5. The molecule has 0 N–H and O–H groups in total. The second kappa shape index (κ2) is 6.87. The van der Waals surface area contributed by atoms with E-state index in [1.807, 2.05) is 0 Å². The molecule has 0 saturated heterocycles. The molecular weight excluding hydrogens is 238 g/mol. The number of nitrogens with zero attached hydrogens (tertiary/aromatic N) is 3. The summed E-state index contributed by atoms with van der Waals surface area (Å²) in [6.07, 6.45) is 1.63. The predicted octanol–water partition coefficient (Wildman–Crippen LogP) is 2.44. The predicted molar refractivity (Wildman–Crippen MR) is 71.7 cm³/mol. The maximum absolute atomic E-state index is 5.73. The van der Waals surface area contributed by atoms with Crippen LogP contribution >= 0.6 is 11.6 Å². The molecule has 0 aliphatic carbocycles. The molecule has 4 nitrogen and oxygen atoms in total. The van der Waals surface area contributed by atoms with E-state index < -0.39 is 0 Å². The lowest BCUT2D eigenvalue weighted by Gasteiger charge is -2.24. The lowest BCUT2D eigenvalue weighted by molar-refractivity contribution is 0.399. The van der Waals surface area contributed by atoms with Crippen molar-refractivity contribution in [2.75, 3.05) is 38.6 Å². The lowest BCUT2D eigenvalue weighted by atomic mass is 10.2. The van der Waals surface area contributed by atoms with Crippen molar-refractivity contribution in [2.45, 2.75) is 19.7 Å². The highest BCUT2D eigenvalue weighted by Gasteiger charge is 2.14. The molecule has 1 heterocycles. The van der Waals surface area contributed by atoms with Gasteiger partial charge >= 0.3 is 0 Å². The first-order valence-corrected chi connectivity index (χ1v) is 6.46. The molecule has 17 heavy (non-hydrogen) atoms. The molecule has 0 atom stereocenters. The van der Waals surface area contributed by atoms with E-state index in [2.05, 4.69) is 42.7 Å². The number of aromatic nitrogens is 1. The number of alkyl halides is 1. The third kappa shape index (κ3) is 4.96. The molecule has 1 rings (SSSR count). The van der Waals surface area contributed by atoms with Gasteiger partial charge in [0, 0.05) is 19.6 Å². The van der Waals surface area contributed by atoms with Crippen LogP contribution in [0.5, 0.6) is 0 Å². The molecule has 5 heteroatoms. The van der Waals surface area contributed by atoms with Gasteiger partial charge < -0.3 is 14.2 Å². The van der Waals surface area contributed by atoms with Gasteiger partial charge in [0.25, 0.3) is 6.01 Å². The zero-order valence-electron chi connectivity index (χ0n) is 11.1. The molecule has 0 spiro atoms. The molecule has 1 aromatic rings. The monoisotopic (exact) mass is 259 g/mol. The SMILES string of the molecule is CC(C)CN(CCN(C)C)c1nc(CCl)co1. The van der Waals surface area contributed by atoms with Crippen LogP contribution in [0.2, 0.25) is 0 Å². The standard InChI is InChI=1S/C12H22ClN3O/c1-10(2)8-16(6-5-15(3)4)12-14-11(7-13)9-17-12/h9-10H,5-8H2,1-4H3. The van der Waals surface area contributed by atoms with Crippen molar-refractivity contribution in [3.8, 4) is 0 Å². The maximum Gasteiger partial charge on any atom is 0.297 e. The van der Waals surface area contributed by atoms with Crippen LogP contribution in [0.15, 0.2) is 10.7 Å². The fourth-order valence-electron chi connectivity index (χ4n) is 1.53. The summed E-state index contributed by atoms with van der Waals surface area (Å²) in [4.78, 5) is 8.69. The summed E-state index contributed by atoms with van der Waals surface area (Å²) in [5, 5.41) is 0. The zero-order valence-corrected chi connectivity index (χ0v) is 11.9. The van der Waals surface area contributed by atoms with Gasteiger partial charge in [-0.2, -0.15) is 4.98 Å². The number of rotatable bonds is 7. The first-order valence-electron chi connectivity index (χ1n) is 5.93. The molecule has 0 fully saturated rings. The van der Waals surface area contributed by atoms with E-state index in [1.54, 1.807) is 6.26 Å². The van der Waals surface area contributed by atoms with Gasteiger partial charge in [-0.3, -0.25) is 0 Å². The first kappa shape index (κ1) is 14.3. The van der Waals surface area contributed by atoms with E-state index >= 15 is 0 Å². The summed E-state index contributed by atoms with van der Waals surface area (Å²) >= 11 is 5.73. The van der Waals surface area contributed by atoms with E-state index in [4.69, 9.17) is 16.0 Å². The molecule has 98 valence electrons. The van der Waals surface area contributed by atoms with Crippen molar-refractivity contribution >= 4 is 17.6 Å². The van der Waals surface area contributed by atoms with E-state index in [9.17, 15) is 0 Å². The van der Waals surface area contributed by atoms with Crippen LogP contribution in [0.4, 0.5) is 6.01 Å². The Labute approximate surface area is 109 Å². The minimum atomic E-state index is 0.396. The molecule has 0 aromatic carbocycles. The number of likely N-dealkylation sites (N-methyl/N-ethyl adjacent to an activating group) is 1. The number of anilines is 1. The van der Waals surface area contributed by atoms with E-state index in [1.165, 1.54) is 0 Å². The Bertz CT molecular complexity index is 325. The van der Waals surface area contributed by atoms with Gasteiger partial charge in [0.15, 0.2) is 0 Å². The van der Waals surface area contributed by atoms with Crippen LogP contribution in [0, 0.1) is 5.92 Å². The molecule has 0 aliphatic rings. The van der Waals surface area contributed by atoms with Crippen molar-refractivity contribution in [3.63, 3.8) is 0 Å². The average Bonchev–Trinajstić information content (AvgIpc) is 2.71. The fourth-order valence-corrected chi connectivity index (χ4v) is 1.65. The van der Waals surface area contributed by atoms with Crippen molar-refractivity contribution in [1.29, 1.82) is 0 Å². The van der Waals surface area contributed by atoms with Gasteiger partial charge in [0.2, 0.25) is 0 Å². The Morgan fingerprint density at radius 2 is 2.06 bits per heavy atom.